The van der Waals surface area contributed by atoms with E-state index in [9.17, 15) is 0 Å². The first kappa shape index (κ1) is 23.5. The van der Waals surface area contributed by atoms with Crippen LogP contribution in [0.15, 0.2) is 12.2 Å². The van der Waals surface area contributed by atoms with Crippen molar-refractivity contribution < 1.29 is 37.9 Å². The zero-order valence-electron chi connectivity index (χ0n) is 15.7. The number of rotatable bonds is 0. The Hall–Kier alpha value is -0.580. The predicted octanol–water partition coefficient (Wildman–Crippen LogP) is 0.689. The second-order valence-corrected chi connectivity index (χ2v) is 5.30. The normalized spacial score (nSPS) is 24.6. The largest absolute Gasteiger partial charge is 0.377 e. The molecule has 0 spiro atoms. The van der Waals surface area contributed by atoms with Crippen LogP contribution in [0.3, 0.4) is 0 Å². The van der Waals surface area contributed by atoms with Crippen molar-refractivity contribution in [2.24, 2.45) is 0 Å². The summed E-state index contributed by atoms with van der Waals surface area (Å²) in [4.78, 5) is 0. The van der Waals surface area contributed by atoms with Gasteiger partial charge in [-0.2, -0.15) is 0 Å². The summed E-state index contributed by atoms with van der Waals surface area (Å²) < 4.78 is 43.3. The molecule has 0 atom stereocenters. The lowest BCUT2D eigenvalue weighted by molar-refractivity contribution is -0.0223. The molecule has 154 valence electrons. The van der Waals surface area contributed by atoms with Gasteiger partial charge in [-0.1, -0.05) is 12.2 Å². The molecule has 0 fully saturated rings. The lowest BCUT2D eigenvalue weighted by Gasteiger charge is -2.08. The fourth-order valence-corrected chi connectivity index (χ4v) is 1.88. The molecule has 8 nitrogen and oxygen atoms in total. The van der Waals surface area contributed by atoms with Crippen molar-refractivity contribution in [1.29, 1.82) is 0 Å². The standard InChI is InChI=1S/C18H34O8/c1-2-4-20-6-8-22-10-12-24-14-16-26-18-17-25-15-13-23-11-9-21-7-5-19-3-1/h1-2H,3-18H2/b2-1-. The molecule has 0 unspecified atom stereocenters. The first-order valence-electron chi connectivity index (χ1n) is 9.27. The van der Waals surface area contributed by atoms with Gasteiger partial charge in [-0.05, 0) is 0 Å². The summed E-state index contributed by atoms with van der Waals surface area (Å²) in [5.41, 5.74) is 0. The summed E-state index contributed by atoms with van der Waals surface area (Å²) in [5.74, 6) is 0. The van der Waals surface area contributed by atoms with Gasteiger partial charge in [0.25, 0.3) is 0 Å². The highest BCUT2D eigenvalue weighted by Crippen LogP contribution is 1.87. The Morgan fingerprint density at radius 3 is 0.692 bits per heavy atom. The summed E-state index contributed by atoms with van der Waals surface area (Å²) in [5, 5.41) is 0. The molecule has 1 heterocycles. The zero-order chi connectivity index (χ0) is 18.4. The van der Waals surface area contributed by atoms with Crippen LogP contribution in [0.5, 0.6) is 0 Å². The zero-order valence-corrected chi connectivity index (χ0v) is 15.7. The van der Waals surface area contributed by atoms with Crippen molar-refractivity contribution in [3.05, 3.63) is 12.2 Å². The van der Waals surface area contributed by atoms with Crippen molar-refractivity contribution in [3.8, 4) is 0 Å². The Bertz CT molecular complexity index is 273. The van der Waals surface area contributed by atoms with Gasteiger partial charge in [0.05, 0.1) is 106 Å². The lowest BCUT2D eigenvalue weighted by atomic mass is 10.5. The lowest BCUT2D eigenvalue weighted by Crippen LogP contribution is -2.15. The summed E-state index contributed by atoms with van der Waals surface area (Å²) in [6.07, 6.45) is 3.87. The van der Waals surface area contributed by atoms with Crippen molar-refractivity contribution >= 4 is 0 Å². The van der Waals surface area contributed by atoms with E-state index in [1.165, 1.54) is 0 Å². The predicted molar refractivity (Wildman–Crippen MR) is 95.7 cm³/mol. The van der Waals surface area contributed by atoms with E-state index in [2.05, 4.69) is 0 Å². The van der Waals surface area contributed by atoms with Crippen LogP contribution in [0.1, 0.15) is 0 Å². The molecule has 1 aliphatic heterocycles. The molecule has 0 aliphatic carbocycles. The fraction of sp³-hybridized carbons (Fsp3) is 0.889. The molecular formula is C18H34O8. The molecule has 0 aromatic carbocycles. The number of hydrogen-bond acceptors (Lipinski definition) is 8. The van der Waals surface area contributed by atoms with E-state index in [1.54, 1.807) is 0 Å². The topological polar surface area (TPSA) is 73.8 Å². The van der Waals surface area contributed by atoms with Gasteiger partial charge in [0.2, 0.25) is 0 Å². The summed E-state index contributed by atoms with van der Waals surface area (Å²) >= 11 is 0. The minimum Gasteiger partial charge on any atom is -0.377 e. The third kappa shape index (κ3) is 18.2. The van der Waals surface area contributed by atoms with E-state index < -0.39 is 0 Å². The maximum Gasteiger partial charge on any atom is 0.0704 e. The molecule has 0 aromatic heterocycles. The number of hydrogen-bond donors (Lipinski definition) is 0. The second-order valence-electron chi connectivity index (χ2n) is 5.30. The first-order valence-corrected chi connectivity index (χ1v) is 9.27. The molecule has 0 saturated carbocycles. The van der Waals surface area contributed by atoms with Crippen LogP contribution in [0.2, 0.25) is 0 Å². The maximum absolute atomic E-state index is 5.42. The van der Waals surface area contributed by atoms with Crippen LogP contribution in [0, 0.1) is 0 Å². The molecule has 0 bridgehead atoms. The smallest absolute Gasteiger partial charge is 0.0704 e. The fourth-order valence-electron chi connectivity index (χ4n) is 1.88. The van der Waals surface area contributed by atoms with Gasteiger partial charge in [0.15, 0.2) is 0 Å². The van der Waals surface area contributed by atoms with E-state index in [-0.39, 0.29) is 0 Å². The highest BCUT2D eigenvalue weighted by Gasteiger charge is 1.95. The van der Waals surface area contributed by atoms with Gasteiger partial charge in [-0.25, -0.2) is 0 Å². The Labute approximate surface area is 156 Å². The van der Waals surface area contributed by atoms with E-state index in [4.69, 9.17) is 37.9 Å². The van der Waals surface area contributed by atoms with Crippen molar-refractivity contribution in [2.75, 3.05) is 106 Å². The molecule has 0 radical (unpaired) electrons. The van der Waals surface area contributed by atoms with E-state index >= 15 is 0 Å². The first-order chi connectivity index (χ1) is 13.0. The third-order valence-electron chi connectivity index (χ3n) is 3.20. The average Bonchev–Trinajstić information content (AvgIpc) is 2.65. The monoisotopic (exact) mass is 378 g/mol. The molecule has 26 heavy (non-hydrogen) atoms. The Morgan fingerprint density at radius 2 is 0.462 bits per heavy atom. The molecule has 1 aliphatic rings. The molecule has 0 aromatic rings. The highest BCUT2D eigenvalue weighted by atomic mass is 16.6. The number of ether oxygens (including phenoxy) is 8. The van der Waals surface area contributed by atoms with Gasteiger partial charge < -0.3 is 37.9 Å². The van der Waals surface area contributed by atoms with Gasteiger partial charge >= 0.3 is 0 Å². The van der Waals surface area contributed by atoms with Gasteiger partial charge in [0, 0.05) is 0 Å². The Balaban J connectivity index is 2.04. The van der Waals surface area contributed by atoms with Crippen molar-refractivity contribution in [2.45, 2.75) is 0 Å². The van der Waals surface area contributed by atoms with Crippen LogP contribution < -0.4 is 0 Å². The molecule has 0 amide bonds. The van der Waals surface area contributed by atoms with Crippen molar-refractivity contribution in [3.63, 3.8) is 0 Å². The van der Waals surface area contributed by atoms with Crippen LogP contribution in [-0.2, 0) is 37.9 Å². The van der Waals surface area contributed by atoms with Gasteiger partial charge in [-0.15, -0.1) is 0 Å². The summed E-state index contributed by atoms with van der Waals surface area (Å²) in [6, 6.07) is 0. The summed E-state index contributed by atoms with van der Waals surface area (Å²) in [6.45, 7) is 8.87. The maximum atomic E-state index is 5.42. The van der Waals surface area contributed by atoms with Gasteiger partial charge in [-0.3, -0.25) is 0 Å². The van der Waals surface area contributed by atoms with Crippen LogP contribution in [-0.4, -0.2) is 106 Å². The van der Waals surface area contributed by atoms with E-state index in [0.29, 0.717) is 106 Å². The molecule has 8 heteroatoms. The van der Waals surface area contributed by atoms with Crippen molar-refractivity contribution in [1.82, 2.24) is 0 Å². The Morgan fingerprint density at radius 1 is 0.269 bits per heavy atom. The highest BCUT2D eigenvalue weighted by molar-refractivity contribution is 4.81. The van der Waals surface area contributed by atoms with Crippen LogP contribution >= 0.6 is 0 Å². The summed E-state index contributed by atoms with van der Waals surface area (Å²) in [7, 11) is 0. The molecule has 1 rings (SSSR count). The quantitative estimate of drug-likeness (QED) is 0.570. The second kappa shape index (κ2) is 20.7. The van der Waals surface area contributed by atoms with E-state index in [1.807, 2.05) is 12.2 Å². The molecule has 0 N–H and O–H groups in total. The van der Waals surface area contributed by atoms with Crippen LogP contribution in [0.4, 0.5) is 0 Å². The molecular weight excluding hydrogens is 344 g/mol. The van der Waals surface area contributed by atoms with Crippen LogP contribution in [0.25, 0.3) is 0 Å². The average molecular weight is 378 g/mol. The Kier molecular flexibility index (Phi) is 18.7. The minimum absolute atomic E-state index is 0.550. The third-order valence-corrected chi connectivity index (χ3v) is 3.20. The minimum atomic E-state index is 0.550. The van der Waals surface area contributed by atoms with Gasteiger partial charge in [0.1, 0.15) is 0 Å². The SMILES string of the molecule is C1=C\COCCOCCOCCOCCOCCOCCOCCOC/1. The van der Waals surface area contributed by atoms with E-state index in [0.717, 1.165) is 0 Å². The molecule has 0 saturated heterocycles.